The molecule has 0 aliphatic carbocycles. The summed E-state index contributed by atoms with van der Waals surface area (Å²) >= 11 is 0. The summed E-state index contributed by atoms with van der Waals surface area (Å²) in [7, 11) is 3.23. The average Bonchev–Trinajstić information content (AvgIpc) is 2.38. The zero-order valence-electron chi connectivity index (χ0n) is 11.4. The third-order valence-corrected chi connectivity index (χ3v) is 2.69. The monoisotopic (exact) mass is 265 g/mol. The molecule has 1 aromatic rings. The van der Waals surface area contributed by atoms with E-state index in [0.717, 1.165) is 28.7 Å². The second kappa shape index (κ2) is 7.43. The zero-order valence-corrected chi connectivity index (χ0v) is 11.4. The number of nitrogens with one attached hydrogen (secondary N) is 1. The number of aryl methyl sites for hydroxylation is 1. The van der Waals surface area contributed by atoms with Crippen molar-refractivity contribution in [2.24, 2.45) is 0 Å². The van der Waals surface area contributed by atoms with Gasteiger partial charge in [-0.1, -0.05) is 6.08 Å². The Hall–Kier alpha value is -2.01. The van der Waals surface area contributed by atoms with Crippen molar-refractivity contribution < 1.29 is 19.4 Å². The van der Waals surface area contributed by atoms with E-state index in [1.165, 1.54) is 0 Å². The molecule has 0 unspecified atom stereocenters. The van der Waals surface area contributed by atoms with Crippen LogP contribution in [0, 0.1) is 6.92 Å². The molecule has 0 aromatic heterocycles. The van der Waals surface area contributed by atoms with Crippen LogP contribution in [0.15, 0.2) is 24.3 Å². The molecule has 5 nitrogen and oxygen atoms in total. The second-order valence-electron chi connectivity index (χ2n) is 4.00. The molecule has 1 rings (SSSR count). The number of benzene rings is 1. The molecule has 19 heavy (non-hydrogen) atoms. The van der Waals surface area contributed by atoms with Crippen LogP contribution in [-0.2, 0) is 11.3 Å². The van der Waals surface area contributed by atoms with Crippen molar-refractivity contribution >= 4 is 5.97 Å². The summed E-state index contributed by atoms with van der Waals surface area (Å²) in [5, 5.41) is 11.6. The summed E-state index contributed by atoms with van der Waals surface area (Å²) in [6.07, 6.45) is 2.68. The van der Waals surface area contributed by atoms with Crippen LogP contribution in [0.25, 0.3) is 0 Å². The maximum Gasteiger partial charge on any atom is 0.328 e. The fraction of sp³-hybridized carbons (Fsp3) is 0.357. The van der Waals surface area contributed by atoms with Gasteiger partial charge < -0.3 is 19.9 Å². The Kier molecular flexibility index (Phi) is 5.89. The largest absolute Gasteiger partial charge is 0.497 e. The van der Waals surface area contributed by atoms with Crippen molar-refractivity contribution in [3.8, 4) is 11.5 Å². The summed E-state index contributed by atoms with van der Waals surface area (Å²) in [5.41, 5.74) is 2.10. The van der Waals surface area contributed by atoms with E-state index in [0.29, 0.717) is 13.1 Å². The third kappa shape index (κ3) is 4.63. The van der Waals surface area contributed by atoms with Crippen molar-refractivity contribution in [3.05, 3.63) is 35.4 Å². The highest BCUT2D eigenvalue weighted by Crippen LogP contribution is 2.28. The van der Waals surface area contributed by atoms with Crippen LogP contribution in [0.3, 0.4) is 0 Å². The smallest absolute Gasteiger partial charge is 0.328 e. The molecule has 0 radical (unpaired) electrons. The summed E-state index contributed by atoms with van der Waals surface area (Å²) < 4.78 is 10.5. The van der Waals surface area contributed by atoms with E-state index < -0.39 is 5.97 Å². The second-order valence-corrected chi connectivity index (χ2v) is 4.00. The van der Waals surface area contributed by atoms with Gasteiger partial charge in [0.2, 0.25) is 0 Å². The number of methoxy groups -OCH3 is 2. The molecule has 0 fully saturated rings. The Morgan fingerprint density at radius 2 is 2.11 bits per heavy atom. The lowest BCUT2D eigenvalue weighted by Crippen LogP contribution is -2.15. The number of carbonyl (C=O) groups is 1. The van der Waals surface area contributed by atoms with Crippen LogP contribution in [-0.4, -0.2) is 31.8 Å². The van der Waals surface area contributed by atoms with Gasteiger partial charge in [0, 0.05) is 30.8 Å². The van der Waals surface area contributed by atoms with Crippen molar-refractivity contribution in [1.82, 2.24) is 5.32 Å². The van der Waals surface area contributed by atoms with Crippen molar-refractivity contribution in [3.63, 3.8) is 0 Å². The first-order valence-electron chi connectivity index (χ1n) is 5.90. The minimum atomic E-state index is -0.944. The molecular weight excluding hydrogens is 246 g/mol. The maximum absolute atomic E-state index is 10.3. The number of hydrogen-bond acceptors (Lipinski definition) is 4. The molecule has 0 atom stereocenters. The molecule has 0 saturated carbocycles. The van der Waals surface area contributed by atoms with Gasteiger partial charge in [0.05, 0.1) is 14.2 Å². The van der Waals surface area contributed by atoms with Gasteiger partial charge >= 0.3 is 5.97 Å². The minimum absolute atomic E-state index is 0.487. The molecular formula is C14H19NO4. The lowest BCUT2D eigenvalue weighted by atomic mass is 10.1. The highest BCUT2D eigenvalue weighted by molar-refractivity contribution is 5.79. The Morgan fingerprint density at radius 3 is 2.68 bits per heavy atom. The predicted molar refractivity (Wildman–Crippen MR) is 72.8 cm³/mol. The van der Waals surface area contributed by atoms with Gasteiger partial charge in [-0.3, -0.25) is 0 Å². The van der Waals surface area contributed by atoms with Gasteiger partial charge in [-0.25, -0.2) is 4.79 Å². The molecule has 104 valence electrons. The molecule has 0 spiro atoms. The van der Waals surface area contributed by atoms with E-state index in [9.17, 15) is 4.79 Å². The lowest BCUT2D eigenvalue weighted by molar-refractivity contribution is -0.131. The fourth-order valence-electron chi connectivity index (χ4n) is 1.72. The summed E-state index contributed by atoms with van der Waals surface area (Å²) in [6, 6.07) is 3.77. The Labute approximate surface area is 112 Å². The highest BCUT2D eigenvalue weighted by atomic mass is 16.5. The first-order chi connectivity index (χ1) is 9.08. The Bertz CT molecular complexity index is 469. The van der Waals surface area contributed by atoms with Gasteiger partial charge in [0.15, 0.2) is 0 Å². The van der Waals surface area contributed by atoms with Gasteiger partial charge in [-0.15, -0.1) is 0 Å². The van der Waals surface area contributed by atoms with Crippen LogP contribution in [0.4, 0.5) is 0 Å². The number of carboxylic acids is 1. The molecule has 2 N–H and O–H groups in total. The van der Waals surface area contributed by atoms with Crippen molar-refractivity contribution in [2.45, 2.75) is 13.5 Å². The van der Waals surface area contributed by atoms with E-state index in [4.69, 9.17) is 14.6 Å². The lowest BCUT2D eigenvalue weighted by Gasteiger charge is -2.14. The molecule has 0 saturated heterocycles. The van der Waals surface area contributed by atoms with Crippen LogP contribution in [0.2, 0.25) is 0 Å². The van der Waals surface area contributed by atoms with Crippen molar-refractivity contribution in [2.75, 3.05) is 20.8 Å². The highest BCUT2D eigenvalue weighted by Gasteiger charge is 2.08. The van der Waals surface area contributed by atoms with E-state index in [1.807, 2.05) is 19.1 Å². The van der Waals surface area contributed by atoms with Gasteiger partial charge in [-0.05, 0) is 18.6 Å². The van der Waals surface area contributed by atoms with Gasteiger partial charge in [0.25, 0.3) is 0 Å². The van der Waals surface area contributed by atoms with Crippen LogP contribution in [0.1, 0.15) is 11.1 Å². The number of rotatable bonds is 7. The standard InChI is InChI=1S/C14H19NO4/c1-10-7-11(18-2)8-13(19-3)12(10)9-15-6-4-5-14(16)17/h4-5,7-8,15H,6,9H2,1-3H3,(H,16,17)/b5-4+. The van der Waals surface area contributed by atoms with E-state index in [-0.39, 0.29) is 0 Å². The molecule has 0 bridgehead atoms. The number of carboxylic acid groups (broad SMARTS) is 1. The molecule has 5 heteroatoms. The van der Waals surface area contributed by atoms with Crippen LogP contribution < -0.4 is 14.8 Å². The number of hydrogen-bond donors (Lipinski definition) is 2. The normalized spacial score (nSPS) is 10.7. The van der Waals surface area contributed by atoms with Crippen molar-refractivity contribution in [1.29, 1.82) is 0 Å². The van der Waals surface area contributed by atoms with Gasteiger partial charge in [-0.2, -0.15) is 0 Å². The minimum Gasteiger partial charge on any atom is -0.497 e. The zero-order chi connectivity index (χ0) is 14.3. The Balaban J connectivity index is 2.69. The Morgan fingerprint density at radius 1 is 1.37 bits per heavy atom. The van der Waals surface area contributed by atoms with Gasteiger partial charge in [0.1, 0.15) is 11.5 Å². The van der Waals surface area contributed by atoms with E-state index in [1.54, 1.807) is 20.3 Å². The quantitative estimate of drug-likeness (QED) is 0.580. The van der Waals surface area contributed by atoms with Crippen LogP contribution in [0.5, 0.6) is 11.5 Å². The summed E-state index contributed by atoms with van der Waals surface area (Å²) in [4.78, 5) is 10.3. The molecule has 0 aliphatic rings. The maximum atomic E-state index is 10.3. The molecule has 0 heterocycles. The topological polar surface area (TPSA) is 67.8 Å². The first-order valence-corrected chi connectivity index (χ1v) is 5.90. The van der Waals surface area contributed by atoms with Crippen LogP contribution >= 0.6 is 0 Å². The van der Waals surface area contributed by atoms with E-state index in [2.05, 4.69) is 5.32 Å². The number of aliphatic carboxylic acids is 1. The number of ether oxygens (including phenoxy) is 2. The first kappa shape index (κ1) is 15.0. The summed E-state index contributed by atoms with van der Waals surface area (Å²) in [5.74, 6) is 0.565. The molecule has 0 aliphatic heterocycles. The fourth-order valence-corrected chi connectivity index (χ4v) is 1.72. The van der Waals surface area contributed by atoms with E-state index >= 15 is 0 Å². The molecule has 1 aromatic carbocycles. The SMILES string of the molecule is COc1cc(C)c(CNC/C=C/C(=O)O)c(OC)c1. The molecule has 0 amide bonds. The third-order valence-electron chi connectivity index (χ3n) is 2.69. The predicted octanol–water partition coefficient (Wildman–Crippen LogP) is 1.74. The summed E-state index contributed by atoms with van der Waals surface area (Å²) in [6.45, 7) is 3.07. The average molecular weight is 265 g/mol.